The summed E-state index contributed by atoms with van der Waals surface area (Å²) >= 11 is 0. The summed E-state index contributed by atoms with van der Waals surface area (Å²) in [5.41, 5.74) is 2.65. The Morgan fingerprint density at radius 3 is 2.43 bits per heavy atom. The molecule has 168 valence electrons. The number of nitrogen functional groups attached to an aromatic ring is 1. The van der Waals surface area contributed by atoms with Crippen LogP contribution in [0.2, 0.25) is 0 Å². The van der Waals surface area contributed by atoms with Crippen molar-refractivity contribution in [2.24, 2.45) is 11.8 Å². The first-order chi connectivity index (χ1) is 13.9. The van der Waals surface area contributed by atoms with Crippen molar-refractivity contribution >= 4 is 17.8 Å². The Hall–Kier alpha value is -2.56. The molecule has 2 heterocycles. The van der Waals surface area contributed by atoms with Gasteiger partial charge in [-0.25, -0.2) is 13.6 Å². The van der Waals surface area contributed by atoms with E-state index in [4.69, 9.17) is 19.9 Å². The molecule has 2 N–H and O–H groups in total. The van der Waals surface area contributed by atoms with Crippen molar-refractivity contribution in [2.75, 3.05) is 12.3 Å². The summed E-state index contributed by atoms with van der Waals surface area (Å²) < 4.78 is 46.3. The zero-order chi connectivity index (χ0) is 22.8. The zero-order valence-electron chi connectivity index (χ0n) is 17.6. The first-order valence-corrected chi connectivity index (χ1v) is 9.66. The number of carbonyl (C=O) groups is 2. The Labute approximate surface area is 172 Å². The maximum absolute atomic E-state index is 15.5. The fourth-order valence-corrected chi connectivity index (χ4v) is 2.96. The van der Waals surface area contributed by atoms with Crippen molar-refractivity contribution in [2.45, 2.75) is 65.1 Å². The molecule has 1 aliphatic rings. The van der Waals surface area contributed by atoms with Crippen molar-refractivity contribution in [3.05, 3.63) is 22.5 Å². The van der Waals surface area contributed by atoms with Crippen molar-refractivity contribution in [3.63, 3.8) is 0 Å². The number of alkyl halides is 1. The monoisotopic (exact) mass is 431 g/mol. The second-order valence-electron chi connectivity index (χ2n) is 7.81. The Bertz CT molecular complexity index is 859. The lowest BCUT2D eigenvalue weighted by atomic mass is 9.93. The summed E-state index contributed by atoms with van der Waals surface area (Å²) in [6.45, 7) is 7.58. The molecule has 30 heavy (non-hydrogen) atoms. The molecule has 0 amide bonds. The van der Waals surface area contributed by atoms with Crippen LogP contribution < -0.4 is 11.4 Å². The normalized spacial score (nSPS) is 26.2. The quantitative estimate of drug-likeness (QED) is 0.648. The highest BCUT2D eigenvalue weighted by Gasteiger charge is 2.59. The van der Waals surface area contributed by atoms with Gasteiger partial charge in [0, 0.05) is 0 Å². The van der Waals surface area contributed by atoms with E-state index in [0.717, 1.165) is 0 Å². The highest BCUT2D eigenvalue weighted by atomic mass is 19.1. The van der Waals surface area contributed by atoms with Gasteiger partial charge in [0.25, 0.3) is 0 Å². The van der Waals surface area contributed by atoms with Crippen molar-refractivity contribution in [1.82, 2.24) is 9.55 Å². The van der Waals surface area contributed by atoms with Gasteiger partial charge < -0.3 is 19.9 Å². The summed E-state index contributed by atoms with van der Waals surface area (Å²) in [7, 11) is 0. The lowest BCUT2D eigenvalue weighted by Crippen LogP contribution is -2.49. The molecule has 0 radical (unpaired) electrons. The van der Waals surface area contributed by atoms with E-state index in [0.29, 0.717) is 10.8 Å². The van der Waals surface area contributed by atoms with Gasteiger partial charge in [-0.05, 0) is 6.42 Å². The largest absolute Gasteiger partial charge is 0.462 e. The minimum atomic E-state index is -2.06. The van der Waals surface area contributed by atoms with E-state index in [1.807, 2.05) is 0 Å². The van der Waals surface area contributed by atoms with E-state index < -0.39 is 71.8 Å². The van der Waals surface area contributed by atoms with Crippen LogP contribution in [0.3, 0.4) is 0 Å². The number of anilines is 1. The van der Waals surface area contributed by atoms with Crippen LogP contribution in [0.25, 0.3) is 0 Å². The molecule has 2 rings (SSSR count). The Morgan fingerprint density at radius 1 is 1.30 bits per heavy atom. The van der Waals surface area contributed by atoms with E-state index in [-0.39, 0.29) is 6.42 Å². The fraction of sp³-hybridized carbons (Fsp3) is 0.684. The molecule has 1 aromatic heterocycles. The highest BCUT2D eigenvalue weighted by Crippen LogP contribution is 2.43. The van der Waals surface area contributed by atoms with Crippen LogP contribution in [0, 0.1) is 17.7 Å². The SMILES string of the molecule is CC[C@]1(COC(=O)C(C)C)O[C@@H](n2cc(F)c(N)nc2=O)[C@@H](F)[C@@H]1OC(=O)C(C)C. The van der Waals surface area contributed by atoms with Gasteiger partial charge in [-0.1, -0.05) is 34.6 Å². The third-order valence-electron chi connectivity index (χ3n) is 4.89. The molecular weight excluding hydrogens is 404 g/mol. The van der Waals surface area contributed by atoms with Gasteiger partial charge in [-0.2, -0.15) is 4.98 Å². The smallest absolute Gasteiger partial charge is 0.351 e. The summed E-state index contributed by atoms with van der Waals surface area (Å²) in [5.74, 6) is -3.96. The van der Waals surface area contributed by atoms with Gasteiger partial charge in [-0.15, -0.1) is 0 Å². The third-order valence-corrected chi connectivity index (χ3v) is 4.89. The van der Waals surface area contributed by atoms with Crippen LogP contribution in [0.5, 0.6) is 0 Å². The maximum atomic E-state index is 15.5. The molecule has 9 nitrogen and oxygen atoms in total. The number of hydrogen-bond donors (Lipinski definition) is 1. The first-order valence-electron chi connectivity index (χ1n) is 9.66. The predicted molar refractivity (Wildman–Crippen MR) is 101 cm³/mol. The molecule has 0 aliphatic carbocycles. The van der Waals surface area contributed by atoms with Crippen LogP contribution in [0.15, 0.2) is 11.0 Å². The maximum Gasteiger partial charge on any atom is 0.351 e. The van der Waals surface area contributed by atoms with Crippen LogP contribution in [-0.4, -0.2) is 46.0 Å². The number of aromatic nitrogens is 2. The first kappa shape index (κ1) is 23.7. The number of nitrogens with two attached hydrogens (primary N) is 1. The molecule has 1 aromatic rings. The summed E-state index contributed by atoms with van der Waals surface area (Å²) in [6, 6.07) is 0. The Balaban J connectivity index is 2.46. The molecule has 0 spiro atoms. The fourth-order valence-electron chi connectivity index (χ4n) is 2.96. The molecule has 0 aromatic carbocycles. The second kappa shape index (κ2) is 9.07. The number of ether oxygens (including phenoxy) is 3. The zero-order valence-corrected chi connectivity index (χ0v) is 17.6. The number of carbonyl (C=O) groups excluding carboxylic acids is 2. The van der Waals surface area contributed by atoms with Crippen LogP contribution in [0.1, 0.15) is 47.3 Å². The van der Waals surface area contributed by atoms with E-state index >= 15 is 4.39 Å². The molecule has 0 unspecified atom stereocenters. The van der Waals surface area contributed by atoms with Crippen LogP contribution in [0.4, 0.5) is 14.6 Å². The summed E-state index contributed by atoms with van der Waals surface area (Å²) in [5, 5.41) is 0. The molecule has 4 atom stereocenters. The molecular formula is C19H27F2N3O6. The number of rotatable bonds is 7. The number of halogens is 2. The van der Waals surface area contributed by atoms with E-state index in [9.17, 15) is 18.8 Å². The summed E-state index contributed by atoms with van der Waals surface area (Å²) in [4.78, 5) is 39.6. The van der Waals surface area contributed by atoms with E-state index in [1.54, 1.807) is 34.6 Å². The van der Waals surface area contributed by atoms with E-state index in [1.165, 1.54) is 0 Å². The topological polar surface area (TPSA) is 123 Å². The number of nitrogens with zero attached hydrogens (tertiary/aromatic N) is 2. The third kappa shape index (κ3) is 4.61. The van der Waals surface area contributed by atoms with Crippen molar-refractivity contribution in [1.29, 1.82) is 0 Å². The van der Waals surface area contributed by atoms with Gasteiger partial charge in [0.1, 0.15) is 12.2 Å². The van der Waals surface area contributed by atoms with E-state index in [2.05, 4.69) is 4.98 Å². The minimum absolute atomic E-state index is 0.0744. The van der Waals surface area contributed by atoms with Gasteiger partial charge in [0.15, 0.2) is 30.1 Å². The van der Waals surface area contributed by atoms with Gasteiger partial charge >= 0.3 is 17.6 Å². The Kier molecular flexibility index (Phi) is 7.17. The van der Waals surface area contributed by atoms with Gasteiger partial charge in [0.05, 0.1) is 18.0 Å². The van der Waals surface area contributed by atoms with Crippen LogP contribution in [-0.2, 0) is 23.8 Å². The lowest BCUT2D eigenvalue weighted by Gasteiger charge is -2.32. The van der Waals surface area contributed by atoms with Gasteiger partial charge in [0.2, 0.25) is 0 Å². The molecule has 1 saturated heterocycles. The minimum Gasteiger partial charge on any atom is -0.462 e. The number of hydrogen-bond acceptors (Lipinski definition) is 8. The second-order valence-corrected chi connectivity index (χ2v) is 7.81. The number of esters is 2. The molecule has 11 heteroatoms. The van der Waals surface area contributed by atoms with Crippen LogP contribution >= 0.6 is 0 Å². The lowest BCUT2D eigenvalue weighted by molar-refractivity contribution is -0.182. The molecule has 0 saturated carbocycles. The molecule has 1 aliphatic heterocycles. The standard InChI is InChI=1S/C19H27F2N3O6/c1-6-19(8-28-16(25)9(2)3)13(29-17(26)10(4)5)12(21)15(30-19)24-7-11(20)14(22)23-18(24)27/h7,9-10,12-13,15H,6,8H2,1-5H3,(H2,22,23,27)/t12-,13-,15+,19+/m0/s1. The average Bonchev–Trinajstić information content (AvgIpc) is 2.95. The molecule has 0 bridgehead atoms. The molecule has 1 fully saturated rings. The van der Waals surface area contributed by atoms with Crippen molar-refractivity contribution in [3.8, 4) is 0 Å². The predicted octanol–water partition coefficient (Wildman–Crippen LogP) is 1.75. The summed E-state index contributed by atoms with van der Waals surface area (Å²) in [6.07, 6.45) is -4.48. The Morgan fingerprint density at radius 2 is 1.90 bits per heavy atom. The van der Waals surface area contributed by atoms with Crippen molar-refractivity contribution < 1.29 is 32.6 Å². The van der Waals surface area contributed by atoms with Gasteiger partial charge in [-0.3, -0.25) is 14.2 Å². The highest BCUT2D eigenvalue weighted by molar-refractivity contribution is 5.72. The average molecular weight is 431 g/mol.